The molecule has 2 N–H and O–H groups in total. The molecular weight excluding hydrogens is 322 g/mol. The number of amides is 2. The molecule has 5 nitrogen and oxygen atoms in total. The van der Waals surface area contributed by atoms with Gasteiger partial charge in [-0.1, -0.05) is 12.1 Å². The fraction of sp³-hybridized carbons (Fsp3) is 0.167. The molecule has 0 aliphatic rings. The van der Waals surface area contributed by atoms with Crippen molar-refractivity contribution in [2.75, 3.05) is 11.9 Å². The lowest BCUT2D eigenvalue weighted by atomic mass is 10.2. The summed E-state index contributed by atoms with van der Waals surface area (Å²) in [6.45, 7) is 1.77. The summed E-state index contributed by atoms with van der Waals surface area (Å²) in [5, 5.41) is 6.37. The molecule has 6 heteroatoms. The average Bonchev–Trinajstić information content (AvgIpc) is 2.99. The molecule has 0 aliphatic carbocycles. The van der Waals surface area contributed by atoms with Crippen molar-refractivity contribution in [2.24, 2.45) is 0 Å². The van der Waals surface area contributed by atoms with E-state index in [0.29, 0.717) is 6.54 Å². The Morgan fingerprint density at radius 2 is 1.83 bits per heavy atom. The van der Waals surface area contributed by atoms with Gasteiger partial charge in [0.25, 0.3) is 0 Å². The second-order valence-corrected chi connectivity index (χ2v) is 6.38. The minimum atomic E-state index is -0.136. The Labute approximate surface area is 143 Å². The van der Waals surface area contributed by atoms with Crippen LogP contribution in [0.25, 0.3) is 20.8 Å². The molecule has 0 fully saturated rings. The molecule has 122 valence electrons. The first kappa shape index (κ1) is 16.1. The number of aromatic nitrogens is 1. The number of fused-ring (bicyclic) bond motifs is 1. The van der Waals surface area contributed by atoms with E-state index in [1.807, 2.05) is 42.5 Å². The van der Waals surface area contributed by atoms with Gasteiger partial charge in [0.05, 0.1) is 10.2 Å². The van der Waals surface area contributed by atoms with Gasteiger partial charge in [0.2, 0.25) is 11.8 Å². The molecule has 3 rings (SSSR count). The predicted molar refractivity (Wildman–Crippen MR) is 97.0 cm³/mol. The number of carbonyl (C=O) groups is 2. The van der Waals surface area contributed by atoms with Gasteiger partial charge in [0, 0.05) is 31.1 Å². The molecule has 24 heavy (non-hydrogen) atoms. The van der Waals surface area contributed by atoms with Crippen LogP contribution in [0.2, 0.25) is 0 Å². The lowest BCUT2D eigenvalue weighted by Gasteiger charge is -2.06. The summed E-state index contributed by atoms with van der Waals surface area (Å²) in [7, 11) is 0. The number of hydrogen-bond acceptors (Lipinski definition) is 4. The SMILES string of the molecule is CC(=O)NCCC(=O)Nc1ccc(-c2nc3ccccc3s2)cc1. The zero-order valence-corrected chi connectivity index (χ0v) is 14.0. The first-order valence-electron chi connectivity index (χ1n) is 7.62. The van der Waals surface area contributed by atoms with Crippen molar-refractivity contribution in [2.45, 2.75) is 13.3 Å². The Balaban J connectivity index is 1.64. The summed E-state index contributed by atoms with van der Waals surface area (Å²) in [4.78, 5) is 27.2. The number of para-hydroxylation sites is 1. The Bertz CT molecular complexity index is 838. The molecule has 0 bridgehead atoms. The highest BCUT2D eigenvalue weighted by molar-refractivity contribution is 7.21. The van der Waals surface area contributed by atoms with Gasteiger partial charge in [-0.3, -0.25) is 9.59 Å². The minimum Gasteiger partial charge on any atom is -0.356 e. The standard InChI is InChI=1S/C18H17N3O2S/c1-12(22)19-11-10-17(23)20-14-8-6-13(7-9-14)18-21-15-4-2-3-5-16(15)24-18/h2-9H,10-11H2,1H3,(H,19,22)(H,20,23). The average molecular weight is 339 g/mol. The predicted octanol–water partition coefficient (Wildman–Crippen LogP) is 3.43. The number of thiazole rings is 1. The summed E-state index contributed by atoms with van der Waals surface area (Å²) in [5.74, 6) is -0.264. The Morgan fingerprint density at radius 1 is 1.08 bits per heavy atom. The summed E-state index contributed by atoms with van der Waals surface area (Å²) >= 11 is 1.65. The molecule has 1 aromatic heterocycles. The van der Waals surface area contributed by atoms with E-state index in [9.17, 15) is 9.59 Å². The largest absolute Gasteiger partial charge is 0.356 e. The Morgan fingerprint density at radius 3 is 2.54 bits per heavy atom. The van der Waals surface area contributed by atoms with Crippen LogP contribution in [-0.2, 0) is 9.59 Å². The molecule has 0 saturated carbocycles. The van der Waals surface area contributed by atoms with Gasteiger partial charge < -0.3 is 10.6 Å². The van der Waals surface area contributed by atoms with Crippen LogP contribution in [-0.4, -0.2) is 23.3 Å². The van der Waals surface area contributed by atoms with Gasteiger partial charge in [-0.15, -0.1) is 11.3 Å². The van der Waals surface area contributed by atoms with Crippen LogP contribution in [0.5, 0.6) is 0 Å². The normalized spacial score (nSPS) is 10.5. The molecule has 0 spiro atoms. The van der Waals surface area contributed by atoms with Crippen molar-refractivity contribution >= 4 is 39.1 Å². The highest BCUT2D eigenvalue weighted by Crippen LogP contribution is 2.30. The van der Waals surface area contributed by atoms with E-state index in [0.717, 1.165) is 26.5 Å². The van der Waals surface area contributed by atoms with E-state index in [1.165, 1.54) is 6.92 Å². The van der Waals surface area contributed by atoms with Gasteiger partial charge >= 0.3 is 0 Å². The molecule has 2 amide bonds. The number of nitrogens with zero attached hydrogens (tertiary/aromatic N) is 1. The Kier molecular flexibility index (Phi) is 4.86. The van der Waals surface area contributed by atoms with Crippen molar-refractivity contribution in [3.8, 4) is 10.6 Å². The summed E-state index contributed by atoms with van der Waals surface area (Å²) in [6, 6.07) is 15.6. The quantitative estimate of drug-likeness (QED) is 0.748. The first-order chi connectivity index (χ1) is 11.6. The van der Waals surface area contributed by atoms with Crippen LogP contribution < -0.4 is 10.6 Å². The monoisotopic (exact) mass is 339 g/mol. The molecule has 0 unspecified atom stereocenters. The summed E-state index contributed by atoms with van der Waals surface area (Å²) < 4.78 is 1.16. The lowest BCUT2D eigenvalue weighted by molar-refractivity contribution is -0.119. The van der Waals surface area contributed by atoms with E-state index in [4.69, 9.17) is 0 Å². The van der Waals surface area contributed by atoms with E-state index in [-0.39, 0.29) is 18.2 Å². The maximum Gasteiger partial charge on any atom is 0.226 e. The molecule has 1 heterocycles. The maximum absolute atomic E-state index is 11.8. The van der Waals surface area contributed by atoms with Crippen LogP contribution in [0.4, 0.5) is 5.69 Å². The molecule has 0 atom stereocenters. The smallest absolute Gasteiger partial charge is 0.226 e. The van der Waals surface area contributed by atoms with Crippen LogP contribution in [0.3, 0.4) is 0 Å². The molecular formula is C18H17N3O2S. The zero-order valence-electron chi connectivity index (χ0n) is 13.2. The highest BCUT2D eigenvalue weighted by Gasteiger charge is 2.07. The van der Waals surface area contributed by atoms with E-state index >= 15 is 0 Å². The van der Waals surface area contributed by atoms with E-state index < -0.39 is 0 Å². The summed E-state index contributed by atoms with van der Waals surface area (Å²) in [6.07, 6.45) is 0.249. The van der Waals surface area contributed by atoms with Crippen molar-refractivity contribution in [3.63, 3.8) is 0 Å². The van der Waals surface area contributed by atoms with Gasteiger partial charge in [-0.05, 0) is 36.4 Å². The highest BCUT2D eigenvalue weighted by atomic mass is 32.1. The molecule has 0 aliphatic heterocycles. The molecule has 0 saturated heterocycles. The fourth-order valence-corrected chi connectivity index (χ4v) is 3.24. The minimum absolute atomic E-state index is 0.128. The topological polar surface area (TPSA) is 71.1 Å². The third-order valence-electron chi connectivity index (χ3n) is 3.44. The molecule has 3 aromatic rings. The third kappa shape index (κ3) is 3.97. The Hall–Kier alpha value is -2.73. The molecule has 2 aromatic carbocycles. The van der Waals surface area contributed by atoms with Crippen LogP contribution >= 0.6 is 11.3 Å². The second-order valence-electron chi connectivity index (χ2n) is 5.35. The number of anilines is 1. The second kappa shape index (κ2) is 7.23. The fourth-order valence-electron chi connectivity index (χ4n) is 2.27. The number of benzene rings is 2. The maximum atomic E-state index is 11.8. The van der Waals surface area contributed by atoms with Crippen molar-refractivity contribution in [3.05, 3.63) is 48.5 Å². The number of carbonyl (C=O) groups excluding carboxylic acids is 2. The van der Waals surface area contributed by atoms with Crippen molar-refractivity contribution < 1.29 is 9.59 Å². The summed E-state index contributed by atoms with van der Waals surface area (Å²) in [5.41, 5.74) is 2.74. The first-order valence-corrected chi connectivity index (χ1v) is 8.44. The van der Waals surface area contributed by atoms with Crippen LogP contribution in [0, 0.1) is 0 Å². The van der Waals surface area contributed by atoms with Gasteiger partial charge in [-0.25, -0.2) is 4.98 Å². The number of hydrogen-bond donors (Lipinski definition) is 2. The molecule has 0 radical (unpaired) electrons. The lowest BCUT2D eigenvalue weighted by Crippen LogP contribution is -2.25. The van der Waals surface area contributed by atoms with Gasteiger partial charge in [0.15, 0.2) is 0 Å². The van der Waals surface area contributed by atoms with E-state index in [1.54, 1.807) is 11.3 Å². The van der Waals surface area contributed by atoms with Crippen molar-refractivity contribution in [1.82, 2.24) is 10.3 Å². The van der Waals surface area contributed by atoms with Gasteiger partial charge in [0.1, 0.15) is 5.01 Å². The van der Waals surface area contributed by atoms with Gasteiger partial charge in [-0.2, -0.15) is 0 Å². The number of nitrogens with one attached hydrogen (secondary N) is 2. The van der Waals surface area contributed by atoms with Crippen LogP contribution in [0.1, 0.15) is 13.3 Å². The van der Waals surface area contributed by atoms with Crippen LogP contribution in [0.15, 0.2) is 48.5 Å². The third-order valence-corrected chi connectivity index (χ3v) is 4.52. The zero-order chi connectivity index (χ0) is 16.9. The van der Waals surface area contributed by atoms with E-state index in [2.05, 4.69) is 21.7 Å². The van der Waals surface area contributed by atoms with Crippen molar-refractivity contribution in [1.29, 1.82) is 0 Å². The number of rotatable bonds is 5.